The molecule has 1 fully saturated rings. The number of rotatable bonds is 4. The topological polar surface area (TPSA) is 70.6 Å². The summed E-state index contributed by atoms with van der Waals surface area (Å²) in [5.41, 5.74) is 0.160. The van der Waals surface area contributed by atoms with Crippen molar-refractivity contribution in [3.8, 4) is 0 Å². The SMILES string of the molecule is CN1CN(CC(=O)c2cccnc2)C(=O)C(C)(C2=CCCC2)C1=O. The Kier molecular flexibility index (Phi) is 4.22. The maximum absolute atomic E-state index is 13.0. The Morgan fingerprint density at radius 1 is 1.33 bits per heavy atom. The van der Waals surface area contributed by atoms with Crippen molar-refractivity contribution in [2.24, 2.45) is 5.41 Å². The first kappa shape index (κ1) is 16.4. The minimum absolute atomic E-state index is 0.0506. The van der Waals surface area contributed by atoms with Gasteiger partial charge < -0.3 is 9.80 Å². The Bertz CT molecular complexity index is 713. The maximum atomic E-state index is 13.0. The molecule has 1 unspecified atom stereocenters. The van der Waals surface area contributed by atoms with Gasteiger partial charge in [0.05, 0.1) is 13.2 Å². The lowest BCUT2D eigenvalue weighted by Gasteiger charge is -2.43. The van der Waals surface area contributed by atoms with Gasteiger partial charge in [-0.15, -0.1) is 0 Å². The highest BCUT2D eigenvalue weighted by molar-refractivity contribution is 6.11. The van der Waals surface area contributed by atoms with Gasteiger partial charge in [0.15, 0.2) is 5.78 Å². The number of carbonyl (C=O) groups excluding carboxylic acids is 3. The third-order valence-electron chi connectivity index (χ3n) is 4.87. The van der Waals surface area contributed by atoms with E-state index >= 15 is 0 Å². The van der Waals surface area contributed by atoms with Gasteiger partial charge in [-0.05, 0) is 43.9 Å². The van der Waals surface area contributed by atoms with E-state index in [0.29, 0.717) is 5.56 Å². The minimum Gasteiger partial charge on any atom is -0.327 e. The summed E-state index contributed by atoms with van der Waals surface area (Å²) in [6, 6.07) is 3.37. The third-order valence-corrected chi connectivity index (χ3v) is 4.87. The summed E-state index contributed by atoms with van der Waals surface area (Å²) in [5, 5.41) is 0. The second kappa shape index (κ2) is 6.19. The average molecular weight is 327 g/mol. The molecule has 6 nitrogen and oxygen atoms in total. The highest BCUT2D eigenvalue weighted by atomic mass is 16.2. The second-order valence-corrected chi connectivity index (χ2v) is 6.56. The molecule has 2 amide bonds. The fraction of sp³-hybridized carbons (Fsp3) is 0.444. The Balaban J connectivity index is 1.85. The average Bonchev–Trinajstić information content (AvgIpc) is 3.13. The van der Waals surface area contributed by atoms with Gasteiger partial charge in [-0.2, -0.15) is 0 Å². The smallest absolute Gasteiger partial charge is 0.243 e. The van der Waals surface area contributed by atoms with Crippen LogP contribution in [-0.4, -0.2) is 52.6 Å². The number of amides is 2. The summed E-state index contributed by atoms with van der Waals surface area (Å²) in [7, 11) is 1.67. The van der Waals surface area contributed by atoms with Gasteiger partial charge >= 0.3 is 0 Å². The molecule has 1 atom stereocenters. The van der Waals surface area contributed by atoms with Gasteiger partial charge in [-0.1, -0.05) is 6.08 Å². The first-order valence-corrected chi connectivity index (χ1v) is 8.12. The van der Waals surface area contributed by atoms with Gasteiger partial charge in [-0.3, -0.25) is 19.4 Å². The van der Waals surface area contributed by atoms with Crippen LogP contribution in [0.1, 0.15) is 36.5 Å². The predicted molar refractivity (Wildman–Crippen MR) is 88.0 cm³/mol. The standard InChI is InChI=1S/C18H21N3O3/c1-18(14-7-3-4-8-14)16(23)20(2)12-21(17(18)24)11-15(22)13-6-5-9-19-10-13/h5-7,9-10H,3-4,8,11-12H2,1-2H3. The summed E-state index contributed by atoms with van der Waals surface area (Å²) >= 11 is 0. The largest absolute Gasteiger partial charge is 0.327 e. The molecular weight excluding hydrogens is 306 g/mol. The fourth-order valence-electron chi connectivity index (χ4n) is 3.49. The van der Waals surface area contributed by atoms with E-state index in [1.807, 2.05) is 6.08 Å². The zero-order valence-electron chi connectivity index (χ0n) is 14.0. The van der Waals surface area contributed by atoms with Crippen LogP contribution in [0.25, 0.3) is 0 Å². The van der Waals surface area contributed by atoms with E-state index in [1.165, 1.54) is 16.0 Å². The summed E-state index contributed by atoms with van der Waals surface area (Å²) in [6.07, 6.45) is 7.69. The highest BCUT2D eigenvalue weighted by Gasteiger charge is 2.52. The molecule has 1 saturated heterocycles. The maximum Gasteiger partial charge on any atom is 0.243 e. The normalized spacial score (nSPS) is 24.3. The van der Waals surface area contributed by atoms with E-state index in [9.17, 15) is 14.4 Å². The number of hydrogen-bond donors (Lipinski definition) is 0. The number of carbonyl (C=O) groups is 3. The van der Waals surface area contributed by atoms with E-state index in [1.54, 1.807) is 32.3 Å². The monoisotopic (exact) mass is 327 g/mol. The molecule has 1 aromatic heterocycles. The lowest BCUT2D eigenvalue weighted by molar-refractivity contribution is -0.162. The molecule has 0 spiro atoms. The third kappa shape index (κ3) is 2.62. The van der Waals surface area contributed by atoms with E-state index in [4.69, 9.17) is 0 Å². The molecule has 1 aliphatic heterocycles. The number of pyridine rings is 1. The van der Waals surface area contributed by atoms with Gasteiger partial charge in [0, 0.05) is 25.0 Å². The van der Waals surface area contributed by atoms with Crippen molar-refractivity contribution in [3.63, 3.8) is 0 Å². The van der Waals surface area contributed by atoms with Crippen molar-refractivity contribution in [2.45, 2.75) is 26.2 Å². The van der Waals surface area contributed by atoms with Crippen molar-refractivity contribution >= 4 is 17.6 Å². The number of ketones is 1. The van der Waals surface area contributed by atoms with E-state index in [-0.39, 0.29) is 30.8 Å². The summed E-state index contributed by atoms with van der Waals surface area (Å²) < 4.78 is 0. The van der Waals surface area contributed by atoms with Crippen LogP contribution in [-0.2, 0) is 9.59 Å². The number of allylic oxidation sites excluding steroid dienone is 1. The number of aromatic nitrogens is 1. The van der Waals surface area contributed by atoms with Crippen molar-refractivity contribution in [1.82, 2.24) is 14.8 Å². The van der Waals surface area contributed by atoms with E-state index in [0.717, 1.165) is 24.8 Å². The van der Waals surface area contributed by atoms with Crippen LogP contribution < -0.4 is 0 Å². The van der Waals surface area contributed by atoms with Crippen LogP contribution in [0.3, 0.4) is 0 Å². The lowest BCUT2D eigenvalue weighted by atomic mass is 9.77. The highest BCUT2D eigenvalue weighted by Crippen LogP contribution is 2.40. The molecule has 24 heavy (non-hydrogen) atoms. The predicted octanol–water partition coefficient (Wildman–Crippen LogP) is 1.64. The van der Waals surface area contributed by atoms with Gasteiger partial charge in [-0.25, -0.2) is 0 Å². The van der Waals surface area contributed by atoms with E-state index < -0.39 is 5.41 Å². The van der Waals surface area contributed by atoms with Crippen molar-refractivity contribution in [1.29, 1.82) is 0 Å². The van der Waals surface area contributed by atoms with Crippen molar-refractivity contribution < 1.29 is 14.4 Å². The van der Waals surface area contributed by atoms with Crippen molar-refractivity contribution in [3.05, 3.63) is 41.7 Å². The number of hydrogen-bond acceptors (Lipinski definition) is 4. The lowest BCUT2D eigenvalue weighted by Crippen LogP contribution is -2.61. The molecule has 0 N–H and O–H groups in total. The van der Waals surface area contributed by atoms with Crippen LogP contribution >= 0.6 is 0 Å². The molecule has 1 aliphatic carbocycles. The summed E-state index contributed by atoms with van der Waals surface area (Å²) in [5.74, 6) is -0.649. The fourth-order valence-corrected chi connectivity index (χ4v) is 3.49. The Labute approximate surface area is 141 Å². The molecule has 0 bridgehead atoms. The molecule has 0 aromatic carbocycles. The summed E-state index contributed by atoms with van der Waals surface area (Å²) in [6.45, 7) is 1.77. The molecule has 2 heterocycles. The van der Waals surface area contributed by atoms with Gasteiger partial charge in [0.25, 0.3) is 0 Å². The Hall–Kier alpha value is -2.50. The van der Waals surface area contributed by atoms with Crippen LogP contribution in [0.15, 0.2) is 36.2 Å². The zero-order chi connectivity index (χ0) is 17.3. The quantitative estimate of drug-likeness (QED) is 0.479. The van der Waals surface area contributed by atoms with Gasteiger partial charge in [0.2, 0.25) is 11.8 Å². The molecule has 6 heteroatoms. The van der Waals surface area contributed by atoms with E-state index in [2.05, 4.69) is 4.98 Å². The molecule has 1 aromatic rings. The molecule has 126 valence electrons. The minimum atomic E-state index is -1.18. The first-order chi connectivity index (χ1) is 11.4. The zero-order valence-corrected chi connectivity index (χ0v) is 14.0. The first-order valence-electron chi connectivity index (χ1n) is 8.12. The van der Waals surface area contributed by atoms with Gasteiger partial charge in [0.1, 0.15) is 5.41 Å². The Morgan fingerprint density at radius 2 is 2.12 bits per heavy atom. The second-order valence-electron chi connectivity index (χ2n) is 6.56. The van der Waals surface area contributed by atoms with Crippen LogP contribution in [0, 0.1) is 5.41 Å². The van der Waals surface area contributed by atoms with Crippen molar-refractivity contribution in [2.75, 3.05) is 20.3 Å². The molecule has 0 radical (unpaired) electrons. The summed E-state index contributed by atoms with van der Waals surface area (Å²) in [4.78, 5) is 45.1. The molecule has 0 saturated carbocycles. The number of nitrogens with zero attached hydrogens (tertiary/aromatic N) is 3. The van der Waals surface area contributed by atoms with Crippen LogP contribution in [0.5, 0.6) is 0 Å². The van der Waals surface area contributed by atoms with Crippen LogP contribution in [0.2, 0.25) is 0 Å². The molecular formula is C18H21N3O3. The molecule has 3 rings (SSSR count). The number of Topliss-reactive ketones (excluding diaryl/α,β-unsaturated/α-hetero) is 1. The van der Waals surface area contributed by atoms with Crippen LogP contribution in [0.4, 0.5) is 0 Å². The molecule has 2 aliphatic rings. The Morgan fingerprint density at radius 3 is 2.75 bits per heavy atom.